The molecule has 0 spiro atoms. The highest BCUT2D eigenvalue weighted by molar-refractivity contribution is 5.74. The van der Waals surface area contributed by atoms with Crippen LogP contribution in [-0.2, 0) is 6.54 Å². The number of halogens is 1. The lowest BCUT2D eigenvalue weighted by molar-refractivity contribution is 0.194. The first-order valence-corrected chi connectivity index (χ1v) is 8.85. The van der Waals surface area contributed by atoms with Gasteiger partial charge in [0, 0.05) is 38.8 Å². The van der Waals surface area contributed by atoms with Crippen LogP contribution in [0.4, 0.5) is 14.9 Å². The van der Waals surface area contributed by atoms with Gasteiger partial charge in [0.05, 0.1) is 19.9 Å². The zero-order valence-electron chi connectivity index (χ0n) is 15.6. The zero-order chi connectivity index (χ0) is 19.2. The van der Waals surface area contributed by atoms with Crippen LogP contribution in [0.15, 0.2) is 42.5 Å². The molecule has 27 heavy (non-hydrogen) atoms. The SMILES string of the molecule is COc1ccc(OC)c(N2CCN(C(=O)NCc3ccc(F)cc3)CC2)c1. The predicted octanol–water partition coefficient (Wildman–Crippen LogP) is 2.87. The van der Waals surface area contributed by atoms with E-state index in [0.29, 0.717) is 32.7 Å². The standard InChI is InChI=1S/C20H24FN3O3/c1-26-17-7-8-19(27-2)18(13-17)23-9-11-24(12-10-23)20(25)22-14-15-3-5-16(21)6-4-15/h3-8,13H,9-12,14H2,1-2H3,(H,22,25). The minimum atomic E-state index is -0.283. The summed E-state index contributed by atoms with van der Waals surface area (Å²) in [5.74, 6) is 1.27. The van der Waals surface area contributed by atoms with Gasteiger partial charge in [-0.25, -0.2) is 9.18 Å². The van der Waals surface area contributed by atoms with Crippen molar-refractivity contribution < 1.29 is 18.7 Å². The minimum Gasteiger partial charge on any atom is -0.497 e. The molecule has 0 radical (unpaired) electrons. The maximum atomic E-state index is 12.9. The van der Waals surface area contributed by atoms with Gasteiger partial charge < -0.3 is 24.6 Å². The second-order valence-corrected chi connectivity index (χ2v) is 6.30. The summed E-state index contributed by atoms with van der Waals surface area (Å²) < 4.78 is 23.7. The van der Waals surface area contributed by atoms with E-state index >= 15 is 0 Å². The fraction of sp³-hybridized carbons (Fsp3) is 0.350. The number of nitrogens with zero attached hydrogens (tertiary/aromatic N) is 2. The summed E-state index contributed by atoms with van der Waals surface area (Å²) in [6.45, 7) is 3.00. The monoisotopic (exact) mass is 373 g/mol. The Hall–Kier alpha value is -2.96. The van der Waals surface area contributed by atoms with E-state index in [9.17, 15) is 9.18 Å². The number of amides is 2. The lowest BCUT2D eigenvalue weighted by Gasteiger charge is -2.36. The quantitative estimate of drug-likeness (QED) is 0.876. The van der Waals surface area contributed by atoms with Crippen LogP contribution in [0, 0.1) is 5.82 Å². The minimum absolute atomic E-state index is 0.114. The Kier molecular flexibility index (Phi) is 6.01. The van der Waals surface area contributed by atoms with Crippen molar-refractivity contribution in [3.63, 3.8) is 0 Å². The van der Waals surface area contributed by atoms with Crippen LogP contribution >= 0.6 is 0 Å². The summed E-state index contributed by atoms with van der Waals surface area (Å²) >= 11 is 0. The Morgan fingerprint density at radius 2 is 1.74 bits per heavy atom. The first-order valence-electron chi connectivity index (χ1n) is 8.85. The molecule has 0 aliphatic carbocycles. The van der Waals surface area contributed by atoms with E-state index in [0.717, 1.165) is 22.7 Å². The van der Waals surface area contributed by atoms with Crippen molar-refractivity contribution in [3.05, 3.63) is 53.8 Å². The summed E-state index contributed by atoms with van der Waals surface area (Å²) in [5, 5.41) is 2.88. The average Bonchev–Trinajstić information content (AvgIpc) is 2.72. The maximum Gasteiger partial charge on any atom is 0.317 e. The molecule has 1 saturated heterocycles. The fourth-order valence-electron chi connectivity index (χ4n) is 3.09. The molecule has 0 bridgehead atoms. The number of methoxy groups -OCH3 is 2. The molecule has 0 atom stereocenters. The summed E-state index contributed by atoms with van der Waals surface area (Å²) in [6, 6.07) is 11.7. The Morgan fingerprint density at radius 1 is 1.04 bits per heavy atom. The van der Waals surface area contributed by atoms with E-state index in [4.69, 9.17) is 9.47 Å². The summed E-state index contributed by atoms with van der Waals surface area (Å²) in [7, 11) is 3.28. The Labute approximate surface area is 158 Å². The number of ether oxygens (including phenoxy) is 2. The predicted molar refractivity (Wildman–Crippen MR) is 102 cm³/mol. The topological polar surface area (TPSA) is 54.0 Å². The van der Waals surface area contributed by atoms with Crippen molar-refractivity contribution >= 4 is 11.7 Å². The van der Waals surface area contributed by atoms with E-state index in [1.165, 1.54) is 12.1 Å². The summed E-state index contributed by atoms with van der Waals surface area (Å²) in [5.41, 5.74) is 1.83. The normalized spacial score (nSPS) is 14.0. The van der Waals surface area contributed by atoms with Crippen LogP contribution in [0.25, 0.3) is 0 Å². The first kappa shape index (κ1) is 18.8. The molecular formula is C20H24FN3O3. The molecule has 0 saturated carbocycles. The van der Waals surface area contributed by atoms with Gasteiger partial charge in [-0.1, -0.05) is 12.1 Å². The molecule has 1 N–H and O–H groups in total. The van der Waals surface area contributed by atoms with Crippen molar-refractivity contribution in [1.82, 2.24) is 10.2 Å². The lowest BCUT2D eigenvalue weighted by atomic mass is 10.2. The Bertz CT molecular complexity index is 775. The van der Waals surface area contributed by atoms with Gasteiger partial charge in [0.15, 0.2) is 0 Å². The molecule has 144 valence electrons. The molecule has 0 aromatic heterocycles. The number of carbonyl (C=O) groups excluding carboxylic acids is 1. The van der Waals surface area contributed by atoms with Gasteiger partial charge in [-0.3, -0.25) is 0 Å². The molecule has 7 heteroatoms. The third-order valence-electron chi connectivity index (χ3n) is 4.65. The van der Waals surface area contributed by atoms with Gasteiger partial charge in [0.2, 0.25) is 0 Å². The Morgan fingerprint density at radius 3 is 2.37 bits per heavy atom. The number of carbonyl (C=O) groups is 1. The van der Waals surface area contributed by atoms with Crippen molar-refractivity contribution in [2.24, 2.45) is 0 Å². The fourth-order valence-corrected chi connectivity index (χ4v) is 3.09. The maximum absolute atomic E-state index is 12.9. The molecule has 2 aromatic carbocycles. The number of piperazine rings is 1. The number of hydrogen-bond acceptors (Lipinski definition) is 4. The Balaban J connectivity index is 1.55. The molecule has 3 rings (SSSR count). The van der Waals surface area contributed by atoms with Crippen LogP contribution in [0.5, 0.6) is 11.5 Å². The number of urea groups is 1. The largest absolute Gasteiger partial charge is 0.497 e. The van der Waals surface area contributed by atoms with E-state index in [-0.39, 0.29) is 11.8 Å². The molecule has 6 nitrogen and oxygen atoms in total. The molecule has 0 unspecified atom stereocenters. The molecule has 1 heterocycles. The number of nitrogens with one attached hydrogen (secondary N) is 1. The summed E-state index contributed by atoms with van der Waals surface area (Å²) in [6.07, 6.45) is 0. The highest BCUT2D eigenvalue weighted by atomic mass is 19.1. The first-order chi connectivity index (χ1) is 13.1. The third kappa shape index (κ3) is 4.61. The molecule has 2 aromatic rings. The van der Waals surface area contributed by atoms with E-state index in [1.807, 2.05) is 18.2 Å². The van der Waals surface area contributed by atoms with Crippen molar-refractivity contribution in [2.45, 2.75) is 6.54 Å². The van der Waals surface area contributed by atoms with Gasteiger partial charge in [-0.05, 0) is 29.8 Å². The van der Waals surface area contributed by atoms with Crippen LogP contribution in [0.1, 0.15) is 5.56 Å². The van der Waals surface area contributed by atoms with Crippen LogP contribution in [-0.4, -0.2) is 51.3 Å². The number of rotatable bonds is 5. The average molecular weight is 373 g/mol. The smallest absolute Gasteiger partial charge is 0.317 e. The third-order valence-corrected chi connectivity index (χ3v) is 4.65. The second-order valence-electron chi connectivity index (χ2n) is 6.30. The van der Waals surface area contributed by atoms with Gasteiger partial charge in [0.25, 0.3) is 0 Å². The number of hydrogen-bond donors (Lipinski definition) is 1. The molecule has 1 aliphatic heterocycles. The zero-order valence-corrected chi connectivity index (χ0v) is 15.6. The van der Waals surface area contributed by atoms with Gasteiger partial charge in [0.1, 0.15) is 17.3 Å². The van der Waals surface area contributed by atoms with E-state index in [2.05, 4.69) is 10.2 Å². The van der Waals surface area contributed by atoms with Crippen molar-refractivity contribution in [3.8, 4) is 11.5 Å². The van der Waals surface area contributed by atoms with Crippen LogP contribution in [0.3, 0.4) is 0 Å². The van der Waals surface area contributed by atoms with Gasteiger partial charge in [-0.15, -0.1) is 0 Å². The molecule has 1 fully saturated rings. The van der Waals surface area contributed by atoms with Gasteiger partial charge >= 0.3 is 6.03 Å². The highest BCUT2D eigenvalue weighted by Gasteiger charge is 2.23. The van der Waals surface area contributed by atoms with Crippen LogP contribution in [0.2, 0.25) is 0 Å². The van der Waals surface area contributed by atoms with Crippen LogP contribution < -0.4 is 19.7 Å². The number of benzene rings is 2. The molecular weight excluding hydrogens is 349 g/mol. The van der Waals surface area contributed by atoms with E-state index < -0.39 is 0 Å². The molecule has 2 amide bonds. The second kappa shape index (κ2) is 8.62. The summed E-state index contributed by atoms with van der Waals surface area (Å²) in [4.78, 5) is 16.4. The van der Waals surface area contributed by atoms with Gasteiger partial charge in [-0.2, -0.15) is 0 Å². The van der Waals surface area contributed by atoms with Crippen molar-refractivity contribution in [2.75, 3.05) is 45.3 Å². The van der Waals surface area contributed by atoms with E-state index in [1.54, 1.807) is 31.3 Å². The number of anilines is 1. The highest BCUT2D eigenvalue weighted by Crippen LogP contribution is 2.32. The molecule has 1 aliphatic rings. The van der Waals surface area contributed by atoms with Crippen molar-refractivity contribution in [1.29, 1.82) is 0 Å². The lowest BCUT2D eigenvalue weighted by Crippen LogP contribution is -2.51.